The fourth-order valence-corrected chi connectivity index (χ4v) is 2.13. The van der Waals surface area contributed by atoms with Crippen molar-refractivity contribution in [2.75, 3.05) is 26.2 Å². The van der Waals surface area contributed by atoms with Crippen LogP contribution in [0.2, 0.25) is 0 Å². The second-order valence-electron chi connectivity index (χ2n) is 3.99. The maximum atomic E-state index is 9.04. The van der Waals surface area contributed by atoms with E-state index >= 15 is 0 Å². The third kappa shape index (κ3) is 4.67. The van der Waals surface area contributed by atoms with Crippen LogP contribution >= 0.6 is 12.6 Å². The normalized spacial score (nSPS) is 29.6. The Labute approximate surface area is 94.1 Å². The van der Waals surface area contributed by atoms with Gasteiger partial charge in [-0.05, 0) is 11.8 Å². The topological polar surface area (TPSA) is 23.5 Å². The lowest BCUT2D eigenvalue weighted by Gasteiger charge is -2.17. The zero-order valence-electron chi connectivity index (χ0n) is 9.90. The van der Waals surface area contributed by atoms with Gasteiger partial charge in [-0.2, -0.15) is 12.6 Å². The number of aliphatic hydroxyl groups excluding tert-OH is 1. The van der Waals surface area contributed by atoms with Crippen LogP contribution in [-0.4, -0.2) is 41.5 Å². The quantitative estimate of drug-likeness (QED) is 0.708. The maximum Gasteiger partial charge on any atom is 0.0474 e. The molecule has 0 spiro atoms. The van der Waals surface area contributed by atoms with Crippen molar-refractivity contribution >= 4 is 12.6 Å². The van der Waals surface area contributed by atoms with Crippen LogP contribution in [0, 0.1) is 11.8 Å². The molecule has 3 heteroatoms. The fraction of sp³-hybridized carbons (Fsp3) is 1.00. The van der Waals surface area contributed by atoms with E-state index in [1.54, 1.807) is 0 Å². The first-order valence-corrected chi connectivity index (χ1v) is 6.16. The van der Waals surface area contributed by atoms with Gasteiger partial charge < -0.3 is 10.0 Å². The second-order valence-corrected chi connectivity index (χ2v) is 4.87. The van der Waals surface area contributed by atoms with Crippen LogP contribution in [0.25, 0.3) is 0 Å². The molecule has 0 amide bonds. The highest BCUT2D eigenvalue weighted by atomic mass is 32.1. The molecule has 86 valence electrons. The number of likely N-dealkylation sites (tertiary alicyclic amines) is 1. The molecule has 14 heavy (non-hydrogen) atoms. The van der Waals surface area contributed by atoms with Crippen LogP contribution in [0.15, 0.2) is 0 Å². The summed E-state index contributed by atoms with van der Waals surface area (Å²) in [5.41, 5.74) is 0. The first-order chi connectivity index (χ1) is 6.63. The van der Waals surface area contributed by atoms with Gasteiger partial charge in [-0.1, -0.05) is 27.7 Å². The van der Waals surface area contributed by atoms with Crippen LogP contribution in [0.4, 0.5) is 0 Å². The van der Waals surface area contributed by atoms with Gasteiger partial charge in [-0.3, -0.25) is 0 Å². The summed E-state index contributed by atoms with van der Waals surface area (Å²) >= 11 is 4.36. The van der Waals surface area contributed by atoms with Crippen LogP contribution in [-0.2, 0) is 0 Å². The van der Waals surface area contributed by atoms with Gasteiger partial charge in [0.1, 0.15) is 0 Å². The van der Waals surface area contributed by atoms with Crippen molar-refractivity contribution in [3.63, 3.8) is 0 Å². The van der Waals surface area contributed by atoms with Gasteiger partial charge in [0.15, 0.2) is 0 Å². The molecule has 1 saturated heterocycles. The molecule has 0 radical (unpaired) electrons. The third-order valence-corrected chi connectivity index (χ3v) is 2.76. The average Bonchev–Trinajstić information content (AvgIpc) is 2.48. The van der Waals surface area contributed by atoms with E-state index in [4.69, 9.17) is 5.11 Å². The standard InChI is InChI=1S/C9H19NOS.C2H6/c1-7-3-10(4-8(2)12)5-9(7)6-11;1-2/h7-9,11-12H,3-6H2,1-2H3;1-2H3. The zero-order valence-corrected chi connectivity index (χ0v) is 10.8. The Kier molecular flexibility index (Phi) is 7.69. The van der Waals surface area contributed by atoms with Crippen molar-refractivity contribution in [3.05, 3.63) is 0 Å². The molecule has 0 saturated carbocycles. The summed E-state index contributed by atoms with van der Waals surface area (Å²) in [6, 6.07) is 0. The lowest BCUT2D eigenvalue weighted by Crippen LogP contribution is -2.27. The largest absolute Gasteiger partial charge is 0.396 e. The Morgan fingerprint density at radius 2 is 2.00 bits per heavy atom. The molecule has 1 N–H and O–H groups in total. The number of hydrogen-bond acceptors (Lipinski definition) is 3. The zero-order chi connectivity index (χ0) is 11.1. The number of nitrogens with zero attached hydrogens (tertiary/aromatic N) is 1. The molecule has 0 aromatic carbocycles. The van der Waals surface area contributed by atoms with E-state index in [9.17, 15) is 0 Å². The SMILES string of the molecule is CC.CC(S)CN1CC(C)C(CO)C1. The van der Waals surface area contributed by atoms with Crippen molar-refractivity contribution in [3.8, 4) is 0 Å². The molecule has 0 aromatic rings. The molecular weight excluding hydrogens is 194 g/mol. The predicted octanol–water partition coefficient (Wildman–Crippen LogP) is 1.89. The second kappa shape index (κ2) is 7.55. The van der Waals surface area contributed by atoms with Crippen LogP contribution in [0.5, 0.6) is 0 Å². The summed E-state index contributed by atoms with van der Waals surface area (Å²) in [4.78, 5) is 2.39. The van der Waals surface area contributed by atoms with Crippen molar-refractivity contribution in [1.29, 1.82) is 0 Å². The summed E-state index contributed by atoms with van der Waals surface area (Å²) < 4.78 is 0. The van der Waals surface area contributed by atoms with E-state index in [0.29, 0.717) is 23.7 Å². The Morgan fingerprint density at radius 1 is 1.43 bits per heavy atom. The Hall–Kier alpha value is 0.270. The lowest BCUT2D eigenvalue weighted by molar-refractivity contribution is 0.205. The smallest absolute Gasteiger partial charge is 0.0474 e. The van der Waals surface area contributed by atoms with Gasteiger partial charge in [-0.25, -0.2) is 0 Å². The molecule has 1 rings (SSSR count). The highest BCUT2D eigenvalue weighted by molar-refractivity contribution is 7.80. The van der Waals surface area contributed by atoms with E-state index in [1.807, 2.05) is 13.8 Å². The number of thiol groups is 1. The van der Waals surface area contributed by atoms with E-state index in [2.05, 4.69) is 31.4 Å². The van der Waals surface area contributed by atoms with Gasteiger partial charge in [-0.15, -0.1) is 0 Å². The molecule has 0 bridgehead atoms. The monoisotopic (exact) mass is 219 g/mol. The molecule has 3 unspecified atom stereocenters. The highest BCUT2D eigenvalue weighted by Gasteiger charge is 2.28. The number of aliphatic hydroxyl groups is 1. The van der Waals surface area contributed by atoms with Crippen molar-refractivity contribution in [2.45, 2.75) is 32.9 Å². The molecule has 0 aromatic heterocycles. The van der Waals surface area contributed by atoms with Crippen LogP contribution < -0.4 is 0 Å². The fourth-order valence-electron chi connectivity index (χ4n) is 1.90. The Balaban J connectivity index is 0.000000791. The van der Waals surface area contributed by atoms with Gasteiger partial charge >= 0.3 is 0 Å². The molecule has 2 nitrogen and oxygen atoms in total. The first-order valence-electron chi connectivity index (χ1n) is 5.64. The van der Waals surface area contributed by atoms with Gasteiger partial charge in [0, 0.05) is 31.5 Å². The highest BCUT2D eigenvalue weighted by Crippen LogP contribution is 2.22. The molecule has 1 aliphatic heterocycles. The van der Waals surface area contributed by atoms with E-state index in [0.717, 1.165) is 19.6 Å². The van der Waals surface area contributed by atoms with Crippen molar-refractivity contribution in [1.82, 2.24) is 4.90 Å². The molecule has 1 heterocycles. The number of hydrogen-bond donors (Lipinski definition) is 2. The van der Waals surface area contributed by atoms with Gasteiger partial charge in [0.2, 0.25) is 0 Å². The van der Waals surface area contributed by atoms with E-state index in [1.165, 1.54) is 0 Å². The molecule has 1 aliphatic rings. The van der Waals surface area contributed by atoms with Crippen LogP contribution in [0.3, 0.4) is 0 Å². The predicted molar refractivity (Wildman–Crippen MR) is 66.0 cm³/mol. The maximum absolute atomic E-state index is 9.04. The van der Waals surface area contributed by atoms with Crippen LogP contribution in [0.1, 0.15) is 27.7 Å². The summed E-state index contributed by atoms with van der Waals surface area (Å²) in [6.07, 6.45) is 0. The third-order valence-electron chi connectivity index (χ3n) is 2.60. The minimum absolute atomic E-state index is 0.332. The Morgan fingerprint density at radius 3 is 2.36 bits per heavy atom. The molecule has 1 fully saturated rings. The average molecular weight is 219 g/mol. The minimum atomic E-state index is 0.332. The van der Waals surface area contributed by atoms with E-state index < -0.39 is 0 Å². The lowest BCUT2D eigenvalue weighted by atomic mass is 10.00. The molecule has 3 atom stereocenters. The molecule has 0 aliphatic carbocycles. The first kappa shape index (κ1) is 14.3. The number of rotatable bonds is 3. The summed E-state index contributed by atoms with van der Waals surface area (Å²) in [7, 11) is 0. The van der Waals surface area contributed by atoms with E-state index in [-0.39, 0.29) is 0 Å². The van der Waals surface area contributed by atoms with Gasteiger partial charge in [0.05, 0.1) is 0 Å². The molecular formula is C11H25NOS. The summed E-state index contributed by atoms with van der Waals surface area (Å²) in [6.45, 7) is 11.9. The Bertz CT molecular complexity index is 141. The van der Waals surface area contributed by atoms with Crippen molar-refractivity contribution in [2.24, 2.45) is 11.8 Å². The summed E-state index contributed by atoms with van der Waals surface area (Å²) in [5, 5.41) is 9.48. The van der Waals surface area contributed by atoms with Crippen molar-refractivity contribution < 1.29 is 5.11 Å². The minimum Gasteiger partial charge on any atom is -0.396 e. The summed E-state index contributed by atoms with van der Waals surface area (Å²) in [5.74, 6) is 1.12. The van der Waals surface area contributed by atoms with Gasteiger partial charge in [0.25, 0.3) is 0 Å².